The molecule has 0 saturated heterocycles. The number of hydrogen-bond donors (Lipinski definition) is 1. The molecule has 0 aliphatic heterocycles. The largest absolute Gasteiger partial charge is 0.385 e. The second-order valence-corrected chi connectivity index (χ2v) is 5.67. The molecule has 104 valence electrons. The SMILES string of the molecule is CCCNCc1sc(CCCOC)nc1CCC. The zero-order valence-corrected chi connectivity index (χ0v) is 12.7. The van der Waals surface area contributed by atoms with E-state index in [1.807, 2.05) is 11.3 Å². The molecule has 0 saturated carbocycles. The number of aromatic nitrogens is 1. The molecule has 0 bridgehead atoms. The summed E-state index contributed by atoms with van der Waals surface area (Å²) >= 11 is 1.87. The summed E-state index contributed by atoms with van der Waals surface area (Å²) in [6, 6.07) is 0. The van der Waals surface area contributed by atoms with Crippen molar-refractivity contribution >= 4 is 11.3 Å². The van der Waals surface area contributed by atoms with Gasteiger partial charge in [-0.25, -0.2) is 4.98 Å². The number of hydrogen-bond acceptors (Lipinski definition) is 4. The molecule has 1 N–H and O–H groups in total. The summed E-state index contributed by atoms with van der Waals surface area (Å²) in [5.74, 6) is 0. The minimum absolute atomic E-state index is 0.826. The molecule has 0 amide bonds. The minimum atomic E-state index is 0.826. The van der Waals surface area contributed by atoms with Crippen molar-refractivity contribution in [2.75, 3.05) is 20.3 Å². The Labute approximate surface area is 115 Å². The Morgan fingerprint density at radius 3 is 2.72 bits per heavy atom. The third kappa shape index (κ3) is 5.46. The average molecular weight is 270 g/mol. The maximum absolute atomic E-state index is 5.09. The fraction of sp³-hybridized carbons (Fsp3) is 0.786. The van der Waals surface area contributed by atoms with Crippen LogP contribution in [0.1, 0.15) is 48.7 Å². The highest BCUT2D eigenvalue weighted by atomic mass is 32.1. The van der Waals surface area contributed by atoms with E-state index in [2.05, 4.69) is 19.2 Å². The van der Waals surface area contributed by atoms with Gasteiger partial charge in [0, 0.05) is 31.6 Å². The van der Waals surface area contributed by atoms with E-state index in [1.54, 1.807) is 7.11 Å². The molecule has 0 radical (unpaired) electrons. The molecular weight excluding hydrogens is 244 g/mol. The van der Waals surface area contributed by atoms with Crippen molar-refractivity contribution in [3.8, 4) is 0 Å². The summed E-state index contributed by atoms with van der Waals surface area (Å²) in [5.41, 5.74) is 1.30. The summed E-state index contributed by atoms with van der Waals surface area (Å²) < 4.78 is 5.09. The van der Waals surface area contributed by atoms with E-state index < -0.39 is 0 Å². The first kappa shape index (κ1) is 15.6. The van der Waals surface area contributed by atoms with E-state index in [0.717, 1.165) is 39.0 Å². The minimum Gasteiger partial charge on any atom is -0.385 e. The molecule has 0 aliphatic rings. The molecule has 18 heavy (non-hydrogen) atoms. The third-order valence-electron chi connectivity index (χ3n) is 2.76. The third-order valence-corrected chi connectivity index (χ3v) is 3.92. The maximum Gasteiger partial charge on any atom is 0.0932 e. The van der Waals surface area contributed by atoms with Gasteiger partial charge in [0.1, 0.15) is 0 Å². The second kappa shape index (κ2) is 9.48. The van der Waals surface area contributed by atoms with E-state index in [0.29, 0.717) is 0 Å². The Kier molecular flexibility index (Phi) is 8.22. The van der Waals surface area contributed by atoms with E-state index in [-0.39, 0.29) is 0 Å². The lowest BCUT2D eigenvalue weighted by molar-refractivity contribution is 0.195. The van der Waals surface area contributed by atoms with Crippen molar-refractivity contribution in [1.82, 2.24) is 10.3 Å². The van der Waals surface area contributed by atoms with Gasteiger partial charge in [-0.3, -0.25) is 0 Å². The van der Waals surface area contributed by atoms with Crippen molar-refractivity contribution in [3.63, 3.8) is 0 Å². The Balaban J connectivity index is 2.55. The van der Waals surface area contributed by atoms with Crippen LogP contribution in [0, 0.1) is 0 Å². The predicted octanol–water partition coefficient (Wildman–Crippen LogP) is 3.17. The topological polar surface area (TPSA) is 34.1 Å². The molecule has 0 fully saturated rings. The van der Waals surface area contributed by atoms with E-state index in [4.69, 9.17) is 9.72 Å². The maximum atomic E-state index is 5.09. The molecule has 0 unspecified atom stereocenters. The van der Waals surface area contributed by atoms with Gasteiger partial charge in [0.05, 0.1) is 10.7 Å². The Morgan fingerprint density at radius 1 is 1.22 bits per heavy atom. The van der Waals surface area contributed by atoms with Crippen LogP contribution in [-0.2, 0) is 24.1 Å². The van der Waals surface area contributed by atoms with Crippen LogP contribution in [0.3, 0.4) is 0 Å². The van der Waals surface area contributed by atoms with Crippen LogP contribution in [0.4, 0.5) is 0 Å². The van der Waals surface area contributed by atoms with Crippen molar-refractivity contribution < 1.29 is 4.74 Å². The number of ether oxygens (including phenoxy) is 1. The monoisotopic (exact) mass is 270 g/mol. The fourth-order valence-electron chi connectivity index (χ4n) is 1.86. The average Bonchev–Trinajstić information content (AvgIpc) is 2.73. The Hall–Kier alpha value is -0.450. The lowest BCUT2D eigenvalue weighted by Gasteiger charge is -2.02. The van der Waals surface area contributed by atoms with Crippen molar-refractivity contribution in [1.29, 1.82) is 0 Å². The number of aryl methyl sites for hydroxylation is 2. The van der Waals surface area contributed by atoms with Gasteiger partial charge in [-0.05, 0) is 25.8 Å². The van der Waals surface area contributed by atoms with E-state index in [1.165, 1.54) is 28.4 Å². The highest BCUT2D eigenvalue weighted by Gasteiger charge is 2.09. The van der Waals surface area contributed by atoms with E-state index >= 15 is 0 Å². The predicted molar refractivity (Wildman–Crippen MR) is 78.3 cm³/mol. The van der Waals surface area contributed by atoms with Gasteiger partial charge in [-0.2, -0.15) is 0 Å². The number of rotatable bonds is 10. The number of methoxy groups -OCH3 is 1. The lowest BCUT2D eigenvalue weighted by atomic mass is 10.2. The molecule has 3 nitrogen and oxygen atoms in total. The zero-order valence-electron chi connectivity index (χ0n) is 11.9. The van der Waals surface area contributed by atoms with Gasteiger partial charge < -0.3 is 10.1 Å². The molecular formula is C14H26N2OS. The molecule has 0 atom stereocenters. The first-order valence-electron chi connectivity index (χ1n) is 6.98. The van der Waals surface area contributed by atoms with Crippen molar-refractivity contribution in [2.45, 2.75) is 52.5 Å². The molecule has 1 aromatic rings. The summed E-state index contributed by atoms with van der Waals surface area (Å²) in [6.07, 6.45) is 5.56. The molecule has 1 rings (SSSR count). The van der Waals surface area contributed by atoms with Gasteiger partial charge >= 0.3 is 0 Å². The van der Waals surface area contributed by atoms with Crippen molar-refractivity contribution in [2.24, 2.45) is 0 Å². The molecule has 0 aliphatic carbocycles. The van der Waals surface area contributed by atoms with Crippen LogP contribution >= 0.6 is 11.3 Å². The zero-order chi connectivity index (χ0) is 13.2. The van der Waals surface area contributed by atoms with Crippen molar-refractivity contribution in [3.05, 3.63) is 15.6 Å². The molecule has 1 aromatic heterocycles. The number of thiazole rings is 1. The van der Waals surface area contributed by atoms with Gasteiger partial charge in [0.15, 0.2) is 0 Å². The number of nitrogens with one attached hydrogen (secondary N) is 1. The smallest absolute Gasteiger partial charge is 0.0932 e. The van der Waals surface area contributed by atoms with E-state index in [9.17, 15) is 0 Å². The lowest BCUT2D eigenvalue weighted by Crippen LogP contribution is -2.13. The van der Waals surface area contributed by atoms with Crippen LogP contribution in [0.25, 0.3) is 0 Å². The highest BCUT2D eigenvalue weighted by molar-refractivity contribution is 7.11. The van der Waals surface area contributed by atoms with Crippen LogP contribution in [0.2, 0.25) is 0 Å². The van der Waals surface area contributed by atoms with Crippen LogP contribution < -0.4 is 5.32 Å². The first-order chi connectivity index (χ1) is 8.81. The fourth-order valence-corrected chi connectivity index (χ4v) is 2.99. The van der Waals surface area contributed by atoms with Crippen LogP contribution in [0.15, 0.2) is 0 Å². The summed E-state index contributed by atoms with van der Waals surface area (Å²) in [7, 11) is 1.75. The Morgan fingerprint density at radius 2 is 2.06 bits per heavy atom. The molecule has 4 heteroatoms. The van der Waals surface area contributed by atoms with Gasteiger partial charge in [0.25, 0.3) is 0 Å². The molecule has 0 spiro atoms. The normalized spacial score (nSPS) is 11.1. The second-order valence-electron chi connectivity index (χ2n) is 4.50. The van der Waals surface area contributed by atoms with Crippen LogP contribution in [-0.4, -0.2) is 25.2 Å². The summed E-state index contributed by atoms with van der Waals surface area (Å²) in [6.45, 7) is 7.30. The Bertz CT molecular complexity index is 326. The van der Waals surface area contributed by atoms with Crippen LogP contribution in [0.5, 0.6) is 0 Å². The standard InChI is InChI=1S/C14H26N2OS/c1-4-7-12-13(11-15-9-5-2)18-14(16-12)8-6-10-17-3/h15H,4-11H2,1-3H3. The highest BCUT2D eigenvalue weighted by Crippen LogP contribution is 2.21. The summed E-state index contributed by atoms with van der Waals surface area (Å²) in [4.78, 5) is 6.20. The summed E-state index contributed by atoms with van der Waals surface area (Å²) in [5, 5.41) is 4.74. The van der Waals surface area contributed by atoms with Gasteiger partial charge in [-0.1, -0.05) is 20.3 Å². The van der Waals surface area contributed by atoms with Gasteiger partial charge in [0.2, 0.25) is 0 Å². The van der Waals surface area contributed by atoms with Gasteiger partial charge in [-0.15, -0.1) is 11.3 Å². The molecule has 0 aromatic carbocycles. The molecule has 1 heterocycles. The number of nitrogens with zero attached hydrogens (tertiary/aromatic N) is 1. The quantitative estimate of drug-likeness (QED) is 0.663. The first-order valence-corrected chi connectivity index (χ1v) is 7.80.